The largest absolute Gasteiger partial charge is 0.494 e. The van der Waals surface area contributed by atoms with Gasteiger partial charge in [-0.2, -0.15) is 0 Å². The highest BCUT2D eigenvalue weighted by Gasteiger charge is 2.76. The number of amides is 3. The topological polar surface area (TPSA) is 117 Å². The number of carbonyl (C=O) groups is 3. The van der Waals surface area contributed by atoms with Crippen molar-refractivity contribution in [1.29, 1.82) is 0 Å². The molecule has 5 rings (SSSR count). The molecule has 0 aliphatic carbocycles. The molecule has 3 N–H and O–H groups in total. The average molecular weight is 663 g/mol. The third kappa shape index (κ3) is 5.66. The number of fused-ring (bicyclic) bond motifs is 1. The summed E-state index contributed by atoms with van der Waals surface area (Å²) in [4.78, 5) is 43.4. The molecule has 3 fully saturated rings. The quantitative estimate of drug-likeness (QED) is 0.219. The van der Waals surface area contributed by atoms with Gasteiger partial charge in [-0.05, 0) is 69.0 Å². The van der Waals surface area contributed by atoms with Crippen LogP contribution in [0.2, 0.25) is 5.02 Å². The first-order valence-corrected chi connectivity index (χ1v) is 15.8. The van der Waals surface area contributed by atoms with Crippen molar-refractivity contribution in [2.45, 2.75) is 68.5 Å². The van der Waals surface area contributed by atoms with Crippen molar-refractivity contribution >= 4 is 56.6 Å². The van der Waals surface area contributed by atoms with Gasteiger partial charge in [0.05, 0.1) is 35.3 Å². The third-order valence-electron chi connectivity index (χ3n) is 8.55. The summed E-state index contributed by atoms with van der Waals surface area (Å²) in [6, 6.07) is 11.5. The van der Waals surface area contributed by atoms with Crippen LogP contribution in [0.5, 0.6) is 5.75 Å². The van der Waals surface area contributed by atoms with E-state index in [4.69, 9.17) is 26.2 Å². The average Bonchev–Trinajstić information content (AvgIpc) is 3.55. The highest BCUT2D eigenvalue weighted by atomic mass is 79.9. The van der Waals surface area contributed by atoms with E-state index < -0.39 is 29.6 Å². The molecule has 0 saturated carbocycles. The van der Waals surface area contributed by atoms with Crippen molar-refractivity contribution in [3.63, 3.8) is 0 Å². The number of carbonyl (C=O) groups excluding carboxylic acids is 3. The predicted molar refractivity (Wildman–Crippen MR) is 164 cm³/mol. The summed E-state index contributed by atoms with van der Waals surface area (Å²) in [5.41, 5.74) is 0.710. The number of hydrogen-bond donors (Lipinski definition) is 3. The first kappa shape index (κ1) is 30.8. The first-order chi connectivity index (χ1) is 20.2. The number of hydrogen-bond acceptors (Lipinski definition) is 6. The lowest BCUT2D eigenvalue weighted by atomic mass is 9.70. The Morgan fingerprint density at radius 2 is 1.86 bits per heavy atom. The van der Waals surface area contributed by atoms with Gasteiger partial charge in [-0.3, -0.25) is 14.4 Å². The molecule has 226 valence electrons. The molecular weight excluding hydrogens is 626 g/mol. The molecule has 0 aromatic heterocycles. The number of likely N-dealkylation sites (tertiary alicyclic amines) is 1. The molecule has 42 heavy (non-hydrogen) atoms. The minimum absolute atomic E-state index is 0.114. The number of rotatable bonds is 12. The van der Waals surface area contributed by atoms with Crippen molar-refractivity contribution in [3.05, 3.63) is 53.1 Å². The summed E-state index contributed by atoms with van der Waals surface area (Å²) in [6.07, 6.45) is 2.81. The Balaban J connectivity index is 1.44. The van der Waals surface area contributed by atoms with Gasteiger partial charge in [0, 0.05) is 23.7 Å². The smallest absolute Gasteiger partial charge is 0.250 e. The number of aliphatic hydroxyl groups excluding tert-OH is 1. The second kappa shape index (κ2) is 12.9. The minimum atomic E-state index is -1.17. The lowest BCUT2D eigenvalue weighted by Gasteiger charge is -2.34. The lowest BCUT2D eigenvalue weighted by Crippen LogP contribution is -2.54. The van der Waals surface area contributed by atoms with Crippen molar-refractivity contribution < 1.29 is 29.0 Å². The van der Waals surface area contributed by atoms with Gasteiger partial charge in [-0.15, -0.1) is 0 Å². The second-order valence-electron chi connectivity index (χ2n) is 11.2. The second-order valence-corrected chi connectivity index (χ2v) is 12.8. The Morgan fingerprint density at radius 1 is 1.12 bits per heavy atom. The maximum Gasteiger partial charge on any atom is 0.250 e. The van der Waals surface area contributed by atoms with Crippen LogP contribution in [0.4, 0.5) is 11.4 Å². The van der Waals surface area contributed by atoms with Gasteiger partial charge in [-0.25, -0.2) is 0 Å². The van der Waals surface area contributed by atoms with E-state index in [1.165, 1.54) is 0 Å². The molecule has 2 aromatic carbocycles. The van der Waals surface area contributed by atoms with Crippen molar-refractivity contribution in [3.8, 4) is 5.75 Å². The number of nitrogens with one attached hydrogen (secondary N) is 2. The molecule has 3 amide bonds. The Morgan fingerprint density at radius 3 is 2.55 bits per heavy atom. The molecule has 3 aliphatic heterocycles. The normalized spacial score (nSPS) is 27.7. The summed E-state index contributed by atoms with van der Waals surface area (Å²) in [5.74, 6) is -1.84. The van der Waals surface area contributed by atoms with Gasteiger partial charge in [0.2, 0.25) is 17.7 Å². The van der Waals surface area contributed by atoms with Crippen molar-refractivity contribution in [1.82, 2.24) is 4.90 Å². The van der Waals surface area contributed by atoms with Gasteiger partial charge in [0.15, 0.2) is 0 Å². The summed E-state index contributed by atoms with van der Waals surface area (Å²) in [7, 11) is 0. The van der Waals surface area contributed by atoms with E-state index in [9.17, 15) is 14.4 Å². The highest BCUT2D eigenvalue weighted by Crippen LogP contribution is 2.60. The Labute approximate surface area is 259 Å². The van der Waals surface area contributed by atoms with Crippen LogP contribution in [0.3, 0.4) is 0 Å². The zero-order valence-corrected chi connectivity index (χ0v) is 26.1. The molecule has 3 unspecified atom stereocenters. The Kier molecular flexibility index (Phi) is 9.47. The summed E-state index contributed by atoms with van der Waals surface area (Å²) in [5, 5.41) is 15.5. The standard InChI is InChI=1S/C31H37BrClN3O6/c1-3-41-20-13-11-19(12-14-20)34-28(38)23-24-30(40)36(15-6-4-5-7-16-37)27(31(24)17-21(32)26(23)42-31)29(39)35-25-18(2)9-8-10-22(25)33/h8-14,21,23-24,26-27,37H,3-7,15-17H2,1-2H3,(H,34,38)(H,35,39)/t21?,23-,24-,26-,27?,31?/m0/s1. The predicted octanol–water partition coefficient (Wildman–Crippen LogP) is 4.93. The highest BCUT2D eigenvalue weighted by molar-refractivity contribution is 9.09. The van der Waals surface area contributed by atoms with Crippen molar-refractivity contribution in [2.75, 3.05) is 30.4 Å². The molecule has 11 heteroatoms. The van der Waals surface area contributed by atoms with E-state index in [-0.39, 0.29) is 29.2 Å². The van der Waals surface area contributed by atoms with Crippen LogP contribution in [0.25, 0.3) is 0 Å². The van der Waals surface area contributed by atoms with Crippen LogP contribution >= 0.6 is 27.5 Å². The van der Waals surface area contributed by atoms with E-state index in [0.717, 1.165) is 18.4 Å². The first-order valence-electron chi connectivity index (χ1n) is 14.5. The van der Waals surface area contributed by atoms with E-state index >= 15 is 0 Å². The zero-order chi connectivity index (χ0) is 30.0. The van der Waals surface area contributed by atoms with E-state index in [2.05, 4.69) is 26.6 Å². The van der Waals surface area contributed by atoms with Gasteiger partial charge in [0.25, 0.3) is 0 Å². The Bertz CT molecular complexity index is 1310. The SMILES string of the molecule is CCOc1ccc(NC(=O)[C@H]2[C@H]3C(=O)N(CCCCCCO)C(C(=O)Nc4c(C)cccc4Cl)C34CC(Br)[C@@H]2O4)cc1. The maximum atomic E-state index is 14.2. The molecular formula is C31H37BrClN3O6. The number of benzene rings is 2. The van der Waals surface area contributed by atoms with Crippen LogP contribution in [0.15, 0.2) is 42.5 Å². The van der Waals surface area contributed by atoms with Crippen LogP contribution in [-0.4, -0.2) is 70.1 Å². The van der Waals surface area contributed by atoms with Gasteiger partial charge in [-0.1, -0.05) is 52.5 Å². The van der Waals surface area contributed by atoms with Crippen LogP contribution in [0, 0.1) is 18.8 Å². The van der Waals surface area contributed by atoms with E-state index in [1.807, 2.05) is 26.0 Å². The fraction of sp³-hybridized carbons (Fsp3) is 0.516. The summed E-state index contributed by atoms with van der Waals surface area (Å²) >= 11 is 10.1. The number of aliphatic hydroxyl groups is 1. The monoisotopic (exact) mass is 661 g/mol. The lowest BCUT2D eigenvalue weighted by molar-refractivity contribution is -0.139. The molecule has 9 nitrogen and oxygen atoms in total. The molecule has 6 atom stereocenters. The minimum Gasteiger partial charge on any atom is -0.494 e. The van der Waals surface area contributed by atoms with Gasteiger partial charge in [0.1, 0.15) is 17.4 Å². The Hall–Kier alpha value is -2.66. The number of unbranched alkanes of at least 4 members (excludes halogenated alkanes) is 3. The number of para-hydroxylation sites is 1. The number of aryl methyl sites for hydroxylation is 1. The van der Waals surface area contributed by atoms with Gasteiger partial charge >= 0.3 is 0 Å². The van der Waals surface area contributed by atoms with Crippen LogP contribution in [0.1, 0.15) is 44.6 Å². The number of alkyl halides is 1. The summed E-state index contributed by atoms with van der Waals surface area (Å²) < 4.78 is 12.1. The zero-order valence-electron chi connectivity index (χ0n) is 23.8. The molecule has 3 saturated heterocycles. The fourth-order valence-electron chi connectivity index (χ4n) is 6.73. The molecule has 2 aromatic rings. The van der Waals surface area contributed by atoms with Crippen LogP contribution < -0.4 is 15.4 Å². The molecule has 3 aliphatic rings. The van der Waals surface area contributed by atoms with Gasteiger partial charge < -0.3 is 30.1 Å². The molecule has 3 heterocycles. The number of ether oxygens (including phenoxy) is 2. The molecule has 1 spiro atoms. The van der Waals surface area contributed by atoms with Crippen LogP contribution in [-0.2, 0) is 19.1 Å². The third-order valence-corrected chi connectivity index (χ3v) is 9.71. The number of nitrogens with zero attached hydrogens (tertiary/aromatic N) is 1. The number of halogens is 2. The van der Waals surface area contributed by atoms with E-state index in [1.54, 1.807) is 35.2 Å². The molecule has 2 bridgehead atoms. The summed E-state index contributed by atoms with van der Waals surface area (Å²) in [6.45, 7) is 4.75. The maximum absolute atomic E-state index is 14.2. The van der Waals surface area contributed by atoms with E-state index in [0.29, 0.717) is 54.6 Å². The fourth-order valence-corrected chi connectivity index (χ4v) is 7.94. The molecule has 0 radical (unpaired) electrons. The number of anilines is 2. The van der Waals surface area contributed by atoms with Crippen molar-refractivity contribution in [2.24, 2.45) is 11.8 Å².